The van der Waals surface area contributed by atoms with Crippen molar-refractivity contribution in [3.63, 3.8) is 0 Å². The summed E-state index contributed by atoms with van der Waals surface area (Å²) < 4.78 is 5.23. The van der Waals surface area contributed by atoms with Crippen LogP contribution in [0.15, 0.2) is 53.5 Å². The lowest BCUT2D eigenvalue weighted by Crippen LogP contribution is -2.55. The number of benzene rings is 2. The topological polar surface area (TPSA) is 199 Å². The second-order valence-electron chi connectivity index (χ2n) is 11.1. The number of hydrogen-bond acceptors (Lipinski definition) is 6. The molecule has 1 fully saturated rings. The van der Waals surface area contributed by atoms with Crippen molar-refractivity contribution in [1.29, 1.82) is 5.41 Å². The largest absolute Gasteiger partial charge is 0.464 e. The average molecular weight is 626 g/mol. The third-order valence-electron chi connectivity index (χ3n) is 7.81. The van der Waals surface area contributed by atoms with Crippen LogP contribution in [0.2, 0.25) is 5.02 Å². The smallest absolute Gasteiger partial charge is 0.328 e. The van der Waals surface area contributed by atoms with Gasteiger partial charge in [-0.1, -0.05) is 67.3 Å². The number of rotatable bonds is 15. The van der Waals surface area contributed by atoms with Crippen molar-refractivity contribution < 1.29 is 19.1 Å². The molecule has 44 heavy (non-hydrogen) atoms. The molecule has 0 aliphatic heterocycles. The van der Waals surface area contributed by atoms with Gasteiger partial charge in [0.2, 0.25) is 11.8 Å². The fourth-order valence-corrected chi connectivity index (χ4v) is 5.72. The Bertz CT molecular complexity index is 1310. The van der Waals surface area contributed by atoms with Crippen LogP contribution >= 0.6 is 11.6 Å². The Morgan fingerprint density at radius 3 is 2.34 bits per heavy atom. The summed E-state index contributed by atoms with van der Waals surface area (Å²) in [6, 6.07) is 12.5. The third-order valence-corrected chi connectivity index (χ3v) is 8.04. The van der Waals surface area contributed by atoms with Crippen molar-refractivity contribution in [2.45, 2.75) is 76.3 Å². The second kappa shape index (κ2) is 17.2. The lowest BCUT2D eigenvalue weighted by Gasteiger charge is -2.32. The van der Waals surface area contributed by atoms with E-state index in [1.165, 1.54) is 0 Å². The summed E-state index contributed by atoms with van der Waals surface area (Å²) in [5.74, 6) is -2.14. The number of ether oxygens (including phenoxy) is 1. The van der Waals surface area contributed by atoms with Gasteiger partial charge in [0.25, 0.3) is 0 Å². The van der Waals surface area contributed by atoms with Gasteiger partial charge in [-0.2, -0.15) is 0 Å². The summed E-state index contributed by atoms with van der Waals surface area (Å²) in [5, 5.41) is 14.1. The van der Waals surface area contributed by atoms with Crippen LogP contribution in [0.3, 0.4) is 0 Å². The fraction of sp³-hybridized carbons (Fsp3) is 0.469. The highest BCUT2D eigenvalue weighted by molar-refractivity contribution is 6.30. The van der Waals surface area contributed by atoms with Crippen LogP contribution in [0.25, 0.3) is 0 Å². The lowest BCUT2D eigenvalue weighted by atomic mass is 9.82. The Labute approximate surface area is 263 Å². The predicted octanol–water partition coefficient (Wildman–Crippen LogP) is 3.12. The SMILES string of the molecule is CCOC(=O)[C@H](CCCN=C(N)N)NC(=O)[C@@H](NC(=O)[C@H](Cc1ccc(C(=N)N)cc1)c1cccc(Cl)c1)C1CCCCC1. The first-order valence-electron chi connectivity index (χ1n) is 15.1. The summed E-state index contributed by atoms with van der Waals surface area (Å²) in [6.07, 6.45) is 5.57. The van der Waals surface area contributed by atoms with Crippen molar-refractivity contribution in [2.24, 2.45) is 28.1 Å². The molecule has 238 valence electrons. The van der Waals surface area contributed by atoms with Gasteiger partial charge in [0.1, 0.15) is 17.9 Å². The number of carbonyl (C=O) groups excluding carboxylic acids is 3. The zero-order valence-electron chi connectivity index (χ0n) is 25.2. The van der Waals surface area contributed by atoms with Gasteiger partial charge in [0, 0.05) is 17.1 Å². The van der Waals surface area contributed by atoms with E-state index in [9.17, 15) is 14.4 Å². The standard InChI is InChI=1S/C32H44ClN7O4/c1-2-44-31(43)26(12-7-17-38-32(36)37)39-30(42)27(21-8-4-3-5-9-21)40-29(41)25(23-10-6-11-24(33)19-23)18-20-13-15-22(16-14-20)28(34)35/h6,10-11,13-16,19,21,25-27H,2-5,7-9,12,17-18H2,1H3,(H3,34,35)(H,39,42)(H,40,41)(H4,36,37,38)/t25-,26+,27+/m1/s1. The molecule has 0 aromatic heterocycles. The molecule has 2 aromatic carbocycles. The molecule has 0 spiro atoms. The number of carbonyl (C=O) groups is 3. The molecule has 12 heteroatoms. The monoisotopic (exact) mass is 625 g/mol. The molecule has 0 radical (unpaired) electrons. The molecule has 0 heterocycles. The summed E-state index contributed by atoms with van der Waals surface area (Å²) in [7, 11) is 0. The van der Waals surface area contributed by atoms with E-state index < -0.39 is 29.9 Å². The van der Waals surface area contributed by atoms with E-state index in [4.69, 9.17) is 38.9 Å². The van der Waals surface area contributed by atoms with Gasteiger partial charge >= 0.3 is 5.97 Å². The van der Waals surface area contributed by atoms with Gasteiger partial charge in [-0.3, -0.25) is 20.0 Å². The molecular formula is C32H44ClN7O4. The van der Waals surface area contributed by atoms with Gasteiger partial charge in [0.15, 0.2) is 5.96 Å². The first-order chi connectivity index (χ1) is 21.1. The van der Waals surface area contributed by atoms with E-state index in [0.717, 1.165) is 37.7 Å². The Hall–Kier alpha value is -4.12. The summed E-state index contributed by atoms with van der Waals surface area (Å²) in [6.45, 7) is 2.16. The van der Waals surface area contributed by atoms with Crippen LogP contribution < -0.4 is 27.8 Å². The number of amidine groups is 1. The highest BCUT2D eigenvalue weighted by atomic mass is 35.5. The summed E-state index contributed by atoms with van der Waals surface area (Å²) in [5.41, 5.74) is 18.6. The van der Waals surface area contributed by atoms with Crippen molar-refractivity contribution >= 4 is 41.2 Å². The minimum atomic E-state index is -0.914. The minimum absolute atomic E-state index is 0.0422. The van der Waals surface area contributed by atoms with E-state index in [1.807, 2.05) is 18.2 Å². The molecule has 3 atom stereocenters. The van der Waals surface area contributed by atoms with Gasteiger partial charge in [-0.05, 0) is 68.2 Å². The first kappa shape index (κ1) is 34.4. The maximum absolute atomic E-state index is 14.1. The van der Waals surface area contributed by atoms with Gasteiger partial charge < -0.3 is 32.6 Å². The van der Waals surface area contributed by atoms with Gasteiger partial charge in [0.05, 0.1) is 12.5 Å². The maximum atomic E-state index is 14.1. The van der Waals surface area contributed by atoms with Crippen LogP contribution in [-0.4, -0.2) is 54.8 Å². The number of hydrogen-bond donors (Lipinski definition) is 6. The molecule has 11 nitrogen and oxygen atoms in total. The number of nitrogens with zero attached hydrogens (tertiary/aromatic N) is 1. The van der Waals surface area contributed by atoms with Crippen LogP contribution in [0.5, 0.6) is 0 Å². The number of halogens is 1. The van der Waals surface area contributed by atoms with Crippen molar-refractivity contribution in [2.75, 3.05) is 13.2 Å². The van der Waals surface area contributed by atoms with E-state index in [-0.39, 0.29) is 36.6 Å². The Morgan fingerprint density at radius 2 is 1.73 bits per heavy atom. The van der Waals surface area contributed by atoms with E-state index in [2.05, 4.69) is 15.6 Å². The molecule has 0 bridgehead atoms. The molecule has 9 N–H and O–H groups in total. The molecule has 2 amide bonds. The number of nitrogens with two attached hydrogens (primary N) is 3. The number of nitrogens with one attached hydrogen (secondary N) is 3. The van der Waals surface area contributed by atoms with E-state index in [0.29, 0.717) is 35.5 Å². The highest BCUT2D eigenvalue weighted by Gasteiger charge is 2.35. The number of esters is 1. The number of nitrogen functional groups attached to an aromatic ring is 1. The van der Waals surface area contributed by atoms with Gasteiger partial charge in [-0.15, -0.1) is 0 Å². The number of guanidine groups is 1. The molecule has 0 saturated heterocycles. The summed E-state index contributed by atoms with van der Waals surface area (Å²) in [4.78, 5) is 44.7. The summed E-state index contributed by atoms with van der Waals surface area (Å²) >= 11 is 6.31. The maximum Gasteiger partial charge on any atom is 0.328 e. The second-order valence-corrected chi connectivity index (χ2v) is 11.5. The Kier molecular flexibility index (Phi) is 13.5. The van der Waals surface area contributed by atoms with Crippen LogP contribution in [0.4, 0.5) is 0 Å². The van der Waals surface area contributed by atoms with Crippen molar-refractivity contribution in [3.8, 4) is 0 Å². The van der Waals surface area contributed by atoms with E-state index >= 15 is 0 Å². The molecule has 1 aliphatic carbocycles. The van der Waals surface area contributed by atoms with Crippen LogP contribution in [-0.2, 0) is 25.5 Å². The van der Waals surface area contributed by atoms with Crippen molar-refractivity contribution in [1.82, 2.24) is 10.6 Å². The molecule has 0 unspecified atom stereocenters. The quantitative estimate of drug-likeness (QED) is 0.0755. The molecule has 1 saturated carbocycles. The third kappa shape index (κ3) is 10.6. The Balaban J connectivity index is 1.87. The fourth-order valence-electron chi connectivity index (χ4n) is 5.52. The lowest BCUT2D eigenvalue weighted by molar-refractivity contribution is -0.148. The molecule has 1 aliphatic rings. The van der Waals surface area contributed by atoms with Crippen LogP contribution in [0.1, 0.15) is 74.5 Å². The highest BCUT2D eigenvalue weighted by Crippen LogP contribution is 2.29. The average Bonchev–Trinajstić information content (AvgIpc) is 3.00. The van der Waals surface area contributed by atoms with Crippen molar-refractivity contribution in [3.05, 3.63) is 70.2 Å². The zero-order valence-corrected chi connectivity index (χ0v) is 25.9. The van der Waals surface area contributed by atoms with Crippen LogP contribution in [0, 0.1) is 11.3 Å². The number of amides is 2. The predicted molar refractivity (Wildman–Crippen MR) is 172 cm³/mol. The van der Waals surface area contributed by atoms with E-state index in [1.54, 1.807) is 37.3 Å². The normalized spacial score (nSPS) is 15.3. The zero-order chi connectivity index (χ0) is 32.1. The minimum Gasteiger partial charge on any atom is -0.464 e. The molecule has 2 aromatic rings. The molecule has 3 rings (SSSR count). The number of aliphatic imine (C=N–C) groups is 1. The molecular weight excluding hydrogens is 582 g/mol. The first-order valence-corrected chi connectivity index (χ1v) is 15.5. The Morgan fingerprint density at radius 1 is 1.02 bits per heavy atom. The van der Waals surface area contributed by atoms with Gasteiger partial charge in [-0.25, -0.2) is 4.79 Å².